The van der Waals surface area contributed by atoms with Crippen molar-refractivity contribution in [3.05, 3.63) is 27.7 Å². The molecule has 0 amide bonds. The van der Waals surface area contributed by atoms with Crippen LogP contribution in [-0.2, 0) is 17.8 Å². The summed E-state index contributed by atoms with van der Waals surface area (Å²) >= 11 is 1.78. The van der Waals surface area contributed by atoms with Crippen molar-refractivity contribution in [2.24, 2.45) is 5.92 Å². The minimum atomic E-state index is -0.827. The number of tetrazole rings is 1. The van der Waals surface area contributed by atoms with E-state index in [1.54, 1.807) is 22.9 Å². The molecule has 0 spiro atoms. The predicted molar refractivity (Wildman–Crippen MR) is 73.7 cm³/mol. The highest BCUT2D eigenvalue weighted by Crippen LogP contribution is 2.38. The third kappa shape index (κ3) is 2.33. The number of carbonyl (C=O) groups is 1. The summed E-state index contributed by atoms with van der Waals surface area (Å²) < 4.78 is 1.65. The van der Waals surface area contributed by atoms with Crippen LogP contribution in [0.2, 0.25) is 0 Å². The molecule has 0 aliphatic heterocycles. The van der Waals surface area contributed by atoms with Gasteiger partial charge in [0.1, 0.15) is 0 Å². The molecule has 0 radical (unpaired) electrons. The van der Waals surface area contributed by atoms with Gasteiger partial charge in [0.15, 0.2) is 5.82 Å². The van der Waals surface area contributed by atoms with Gasteiger partial charge < -0.3 is 5.11 Å². The Morgan fingerprint density at radius 3 is 3.30 bits per heavy atom. The number of fused-ring (bicyclic) bond motifs is 1. The number of aromatic nitrogens is 4. The molecule has 3 rings (SSSR count). The van der Waals surface area contributed by atoms with E-state index in [9.17, 15) is 4.79 Å². The highest BCUT2D eigenvalue weighted by molar-refractivity contribution is 7.10. The Bertz CT molecular complexity index is 621. The Morgan fingerprint density at radius 1 is 1.65 bits per heavy atom. The Labute approximate surface area is 120 Å². The summed E-state index contributed by atoms with van der Waals surface area (Å²) in [5.74, 6) is -0.340. The van der Waals surface area contributed by atoms with E-state index < -0.39 is 11.9 Å². The first-order chi connectivity index (χ1) is 9.66. The quantitative estimate of drug-likeness (QED) is 0.931. The first-order valence-corrected chi connectivity index (χ1v) is 7.60. The van der Waals surface area contributed by atoms with Crippen LogP contribution in [0.25, 0.3) is 0 Å². The third-order valence-corrected chi connectivity index (χ3v) is 4.79. The van der Waals surface area contributed by atoms with Crippen LogP contribution in [-0.4, -0.2) is 31.3 Å². The molecule has 0 saturated heterocycles. The smallest absolute Gasteiger partial charge is 0.308 e. The number of thiophene rings is 1. The van der Waals surface area contributed by atoms with Gasteiger partial charge in [-0.05, 0) is 46.7 Å². The molecule has 1 aliphatic carbocycles. The second kappa shape index (κ2) is 5.32. The van der Waals surface area contributed by atoms with E-state index in [0.717, 1.165) is 25.1 Å². The number of hydrogen-bond acceptors (Lipinski definition) is 5. The predicted octanol–water partition coefficient (Wildman–Crippen LogP) is 1.92. The van der Waals surface area contributed by atoms with Crippen molar-refractivity contribution in [1.82, 2.24) is 20.2 Å². The Morgan fingerprint density at radius 2 is 2.50 bits per heavy atom. The maximum absolute atomic E-state index is 11.0. The molecule has 6 nitrogen and oxygen atoms in total. The Balaban J connectivity index is 1.89. The fourth-order valence-electron chi connectivity index (χ4n) is 2.68. The lowest BCUT2D eigenvalue weighted by Gasteiger charge is -2.22. The van der Waals surface area contributed by atoms with E-state index in [1.807, 2.05) is 0 Å². The van der Waals surface area contributed by atoms with Gasteiger partial charge in [-0.2, -0.15) is 0 Å². The second-order valence-corrected chi connectivity index (χ2v) is 6.20. The third-order valence-electron chi connectivity index (χ3n) is 3.79. The highest BCUT2D eigenvalue weighted by Gasteiger charge is 2.28. The van der Waals surface area contributed by atoms with Crippen molar-refractivity contribution < 1.29 is 9.90 Å². The number of nitrogens with zero attached hydrogens (tertiary/aromatic N) is 4. The molecule has 106 valence electrons. The number of hydrogen-bond donors (Lipinski definition) is 1. The Kier molecular flexibility index (Phi) is 3.52. The topological polar surface area (TPSA) is 80.9 Å². The zero-order valence-corrected chi connectivity index (χ0v) is 12.0. The van der Waals surface area contributed by atoms with E-state index >= 15 is 0 Å². The molecule has 20 heavy (non-hydrogen) atoms. The first-order valence-electron chi connectivity index (χ1n) is 6.72. The van der Waals surface area contributed by atoms with Gasteiger partial charge in [0.05, 0.1) is 12.5 Å². The number of rotatable bonds is 4. The lowest BCUT2D eigenvalue weighted by Crippen LogP contribution is -2.21. The van der Waals surface area contributed by atoms with Crippen LogP contribution in [0.15, 0.2) is 11.4 Å². The van der Waals surface area contributed by atoms with Crippen LogP contribution in [0.5, 0.6) is 0 Å². The fourth-order valence-corrected chi connectivity index (χ4v) is 3.67. The molecule has 1 aliphatic rings. The minimum absolute atomic E-state index is 0.195. The van der Waals surface area contributed by atoms with Crippen molar-refractivity contribution in [3.63, 3.8) is 0 Å². The first kappa shape index (κ1) is 13.2. The van der Waals surface area contributed by atoms with E-state index in [2.05, 4.69) is 27.0 Å². The van der Waals surface area contributed by atoms with Crippen LogP contribution in [0, 0.1) is 5.92 Å². The molecule has 2 atom stereocenters. The largest absolute Gasteiger partial charge is 0.481 e. The normalized spacial score (nSPS) is 19.6. The lowest BCUT2D eigenvalue weighted by atomic mass is 9.87. The van der Waals surface area contributed by atoms with Gasteiger partial charge in [-0.25, -0.2) is 4.68 Å². The molecular formula is C13H16N4O2S. The molecule has 0 aromatic carbocycles. The molecule has 2 aromatic rings. The van der Waals surface area contributed by atoms with Crippen molar-refractivity contribution >= 4 is 17.3 Å². The monoisotopic (exact) mass is 292 g/mol. The average molecular weight is 292 g/mol. The zero-order chi connectivity index (χ0) is 14.1. The van der Waals surface area contributed by atoms with Crippen molar-refractivity contribution in [2.75, 3.05) is 0 Å². The summed E-state index contributed by atoms with van der Waals surface area (Å²) in [5.41, 5.74) is 1.31. The molecule has 0 bridgehead atoms. The molecule has 2 heterocycles. The SMILES string of the molecule is CC(Cn1nnnc1C1CCCc2sccc21)C(=O)O. The maximum Gasteiger partial charge on any atom is 0.308 e. The molecule has 1 N–H and O–H groups in total. The molecule has 7 heteroatoms. The van der Waals surface area contributed by atoms with E-state index in [1.165, 1.54) is 10.4 Å². The zero-order valence-electron chi connectivity index (χ0n) is 11.2. The number of carboxylic acid groups (broad SMARTS) is 1. The van der Waals surface area contributed by atoms with E-state index in [0.29, 0.717) is 6.54 Å². The van der Waals surface area contributed by atoms with Gasteiger partial charge in [0, 0.05) is 10.8 Å². The Hall–Kier alpha value is -1.76. The summed E-state index contributed by atoms with van der Waals surface area (Å²) in [6, 6.07) is 2.14. The van der Waals surface area contributed by atoms with Crippen LogP contribution < -0.4 is 0 Å². The number of carboxylic acids is 1. The lowest BCUT2D eigenvalue weighted by molar-refractivity contribution is -0.141. The van der Waals surface area contributed by atoms with Crippen LogP contribution in [0.4, 0.5) is 0 Å². The van der Waals surface area contributed by atoms with Gasteiger partial charge in [0.2, 0.25) is 0 Å². The fraction of sp³-hybridized carbons (Fsp3) is 0.538. The standard InChI is InChI=1S/C13H16N4O2S/c1-8(13(18)19)7-17-12(14-15-16-17)10-3-2-4-11-9(10)5-6-20-11/h5-6,8,10H,2-4,7H2,1H3,(H,18,19). The van der Waals surface area contributed by atoms with Crippen LogP contribution in [0.1, 0.15) is 41.9 Å². The van der Waals surface area contributed by atoms with E-state index in [4.69, 9.17) is 5.11 Å². The summed E-state index contributed by atoms with van der Waals surface area (Å²) in [5, 5.41) is 23.0. The maximum atomic E-state index is 11.0. The van der Waals surface area contributed by atoms with Gasteiger partial charge >= 0.3 is 5.97 Å². The van der Waals surface area contributed by atoms with Gasteiger partial charge in [-0.15, -0.1) is 16.4 Å². The summed E-state index contributed by atoms with van der Waals surface area (Å²) in [6.07, 6.45) is 3.27. The van der Waals surface area contributed by atoms with Gasteiger partial charge in [-0.1, -0.05) is 6.92 Å². The second-order valence-electron chi connectivity index (χ2n) is 5.20. The summed E-state index contributed by atoms with van der Waals surface area (Å²) in [4.78, 5) is 12.4. The minimum Gasteiger partial charge on any atom is -0.481 e. The molecular weight excluding hydrogens is 276 g/mol. The van der Waals surface area contributed by atoms with Crippen molar-refractivity contribution in [2.45, 2.75) is 38.6 Å². The van der Waals surface area contributed by atoms with Crippen LogP contribution >= 0.6 is 11.3 Å². The van der Waals surface area contributed by atoms with Gasteiger partial charge in [-0.3, -0.25) is 4.79 Å². The van der Waals surface area contributed by atoms with Gasteiger partial charge in [0.25, 0.3) is 0 Å². The molecule has 2 aromatic heterocycles. The molecule has 0 saturated carbocycles. The summed E-state index contributed by atoms with van der Waals surface area (Å²) in [6.45, 7) is 1.98. The van der Waals surface area contributed by atoms with Crippen molar-refractivity contribution in [1.29, 1.82) is 0 Å². The van der Waals surface area contributed by atoms with Crippen molar-refractivity contribution in [3.8, 4) is 0 Å². The van der Waals surface area contributed by atoms with Crippen LogP contribution in [0.3, 0.4) is 0 Å². The number of aliphatic carboxylic acids is 1. The van der Waals surface area contributed by atoms with E-state index in [-0.39, 0.29) is 5.92 Å². The average Bonchev–Trinajstić information content (AvgIpc) is 3.06. The highest BCUT2D eigenvalue weighted by atomic mass is 32.1. The summed E-state index contributed by atoms with van der Waals surface area (Å²) in [7, 11) is 0. The molecule has 2 unspecified atom stereocenters. The molecule has 0 fully saturated rings. The number of aryl methyl sites for hydroxylation is 1.